The fourth-order valence-corrected chi connectivity index (χ4v) is 1.95. The summed E-state index contributed by atoms with van der Waals surface area (Å²) in [5.74, 6) is 0.515. The van der Waals surface area contributed by atoms with E-state index in [1.807, 2.05) is 43.3 Å². The van der Waals surface area contributed by atoms with Gasteiger partial charge in [0.15, 0.2) is 0 Å². The SMILES string of the molecule is CCc1ccc(NC(=O)c2cccnc2N(C)C)cc1. The van der Waals surface area contributed by atoms with Crippen LogP contribution >= 0.6 is 0 Å². The van der Waals surface area contributed by atoms with Crippen LogP contribution in [0.5, 0.6) is 0 Å². The molecule has 0 saturated carbocycles. The summed E-state index contributed by atoms with van der Waals surface area (Å²) in [7, 11) is 3.74. The molecule has 1 aromatic heterocycles. The van der Waals surface area contributed by atoms with Gasteiger partial charge < -0.3 is 10.2 Å². The summed E-state index contributed by atoms with van der Waals surface area (Å²) in [6.07, 6.45) is 2.67. The second kappa shape index (κ2) is 6.19. The van der Waals surface area contributed by atoms with Gasteiger partial charge in [0.25, 0.3) is 5.91 Å². The maximum absolute atomic E-state index is 12.3. The molecule has 0 aliphatic heterocycles. The molecule has 0 saturated heterocycles. The fourth-order valence-electron chi connectivity index (χ4n) is 1.95. The van der Waals surface area contributed by atoms with Crippen LogP contribution in [0.15, 0.2) is 42.6 Å². The van der Waals surface area contributed by atoms with E-state index < -0.39 is 0 Å². The molecule has 0 spiro atoms. The van der Waals surface area contributed by atoms with Gasteiger partial charge in [-0.3, -0.25) is 4.79 Å². The molecule has 1 N–H and O–H groups in total. The molecule has 2 rings (SSSR count). The third-order valence-electron chi connectivity index (χ3n) is 3.07. The summed E-state index contributed by atoms with van der Waals surface area (Å²) < 4.78 is 0. The number of pyridine rings is 1. The fraction of sp³-hybridized carbons (Fsp3) is 0.250. The van der Waals surface area contributed by atoms with E-state index in [0.29, 0.717) is 11.4 Å². The first-order valence-electron chi connectivity index (χ1n) is 6.64. The van der Waals surface area contributed by atoms with Crippen LogP contribution in [-0.4, -0.2) is 25.0 Å². The number of rotatable bonds is 4. The number of aryl methyl sites for hydroxylation is 1. The monoisotopic (exact) mass is 269 g/mol. The van der Waals surface area contributed by atoms with Crippen LogP contribution in [-0.2, 0) is 6.42 Å². The van der Waals surface area contributed by atoms with Gasteiger partial charge >= 0.3 is 0 Å². The van der Waals surface area contributed by atoms with E-state index in [0.717, 1.165) is 12.1 Å². The van der Waals surface area contributed by atoms with Crippen molar-refractivity contribution >= 4 is 17.4 Å². The number of amides is 1. The van der Waals surface area contributed by atoms with Gasteiger partial charge in [0, 0.05) is 26.0 Å². The van der Waals surface area contributed by atoms with E-state index in [2.05, 4.69) is 17.2 Å². The minimum Gasteiger partial charge on any atom is -0.362 e. The molecule has 0 aliphatic rings. The van der Waals surface area contributed by atoms with Crippen molar-refractivity contribution < 1.29 is 4.79 Å². The number of anilines is 2. The van der Waals surface area contributed by atoms with Gasteiger partial charge in [0.2, 0.25) is 0 Å². The number of hydrogen-bond acceptors (Lipinski definition) is 3. The first-order chi connectivity index (χ1) is 9.61. The third kappa shape index (κ3) is 3.15. The molecule has 1 amide bonds. The average molecular weight is 269 g/mol. The predicted octanol–water partition coefficient (Wildman–Crippen LogP) is 2.96. The molecule has 0 unspecified atom stereocenters. The van der Waals surface area contributed by atoms with Crippen molar-refractivity contribution in [3.63, 3.8) is 0 Å². The number of aromatic nitrogens is 1. The lowest BCUT2D eigenvalue weighted by atomic mass is 10.1. The molecule has 4 nitrogen and oxygen atoms in total. The van der Waals surface area contributed by atoms with Crippen LogP contribution in [0.1, 0.15) is 22.8 Å². The van der Waals surface area contributed by atoms with E-state index >= 15 is 0 Å². The van der Waals surface area contributed by atoms with Gasteiger partial charge in [0.1, 0.15) is 5.82 Å². The number of nitrogens with one attached hydrogen (secondary N) is 1. The van der Waals surface area contributed by atoms with Crippen LogP contribution < -0.4 is 10.2 Å². The second-order valence-electron chi connectivity index (χ2n) is 4.77. The molecule has 20 heavy (non-hydrogen) atoms. The molecule has 104 valence electrons. The normalized spacial score (nSPS) is 10.2. The maximum atomic E-state index is 12.3. The molecule has 0 fully saturated rings. The molecule has 0 radical (unpaired) electrons. The Balaban J connectivity index is 2.19. The number of carbonyl (C=O) groups is 1. The molecular weight excluding hydrogens is 250 g/mol. The lowest BCUT2D eigenvalue weighted by molar-refractivity contribution is 0.102. The van der Waals surface area contributed by atoms with E-state index in [9.17, 15) is 4.79 Å². The second-order valence-corrected chi connectivity index (χ2v) is 4.77. The minimum absolute atomic E-state index is 0.147. The lowest BCUT2D eigenvalue weighted by Crippen LogP contribution is -2.19. The number of hydrogen-bond donors (Lipinski definition) is 1. The van der Waals surface area contributed by atoms with Gasteiger partial charge in [-0.1, -0.05) is 19.1 Å². The Labute approximate surface area is 119 Å². The van der Waals surface area contributed by atoms with Gasteiger partial charge in [-0.2, -0.15) is 0 Å². The van der Waals surface area contributed by atoms with Gasteiger partial charge in [-0.05, 0) is 36.2 Å². The molecule has 1 heterocycles. The van der Waals surface area contributed by atoms with Gasteiger partial charge in [-0.15, -0.1) is 0 Å². The van der Waals surface area contributed by atoms with Crippen molar-refractivity contribution in [2.45, 2.75) is 13.3 Å². The van der Waals surface area contributed by atoms with Crippen LogP contribution in [0.4, 0.5) is 11.5 Å². The summed E-state index contributed by atoms with van der Waals surface area (Å²) >= 11 is 0. The highest BCUT2D eigenvalue weighted by Gasteiger charge is 2.13. The van der Waals surface area contributed by atoms with Crippen LogP contribution in [0, 0.1) is 0 Å². The zero-order valence-electron chi connectivity index (χ0n) is 12.1. The summed E-state index contributed by atoms with van der Waals surface area (Å²) in [5, 5.41) is 2.90. The van der Waals surface area contributed by atoms with E-state index in [1.165, 1.54) is 5.56 Å². The Bertz CT molecular complexity index is 591. The zero-order chi connectivity index (χ0) is 14.5. The molecule has 1 aromatic carbocycles. The first kappa shape index (κ1) is 14.1. The van der Waals surface area contributed by atoms with Crippen molar-refractivity contribution in [2.75, 3.05) is 24.3 Å². The minimum atomic E-state index is -0.147. The third-order valence-corrected chi connectivity index (χ3v) is 3.07. The molecular formula is C16H19N3O. The first-order valence-corrected chi connectivity index (χ1v) is 6.64. The number of nitrogens with zero attached hydrogens (tertiary/aromatic N) is 2. The zero-order valence-corrected chi connectivity index (χ0v) is 12.1. The van der Waals surface area contributed by atoms with Crippen molar-refractivity contribution in [1.82, 2.24) is 4.98 Å². The van der Waals surface area contributed by atoms with E-state index in [-0.39, 0.29) is 5.91 Å². The molecule has 0 aliphatic carbocycles. The molecule has 2 aromatic rings. The molecule has 0 atom stereocenters. The van der Waals surface area contributed by atoms with Crippen LogP contribution in [0.2, 0.25) is 0 Å². The highest BCUT2D eigenvalue weighted by molar-refractivity contribution is 6.07. The van der Waals surface area contributed by atoms with Crippen molar-refractivity contribution in [1.29, 1.82) is 0 Å². The maximum Gasteiger partial charge on any atom is 0.259 e. The van der Waals surface area contributed by atoms with Crippen LogP contribution in [0.25, 0.3) is 0 Å². The van der Waals surface area contributed by atoms with Gasteiger partial charge in [0.05, 0.1) is 5.56 Å². The van der Waals surface area contributed by atoms with Crippen molar-refractivity contribution in [3.05, 3.63) is 53.7 Å². The predicted molar refractivity (Wildman–Crippen MR) is 82.3 cm³/mol. The quantitative estimate of drug-likeness (QED) is 0.928. The van der Waals surface area contributed by atoms with E-state index in [4.69, 9.17) is 0 Å². The Morgan fingerprint density at radius 1 is 1.20 bits per heavy atom. The highest BCUT2D eigenvalue weighted by Crippen LogP contribution is 2.17. The van der Waals surface area contributed by atoms with Crippen molar-refractivity contribution in [3.8, 4) is 0 Å². The van der Waals surface area contributed by atoms with Gasteiger partial charge in [-0.25, -0.2) is 4.98 Å². The Morgan fingerprint density at radius 3 is 2.50 bits per heavy atom. The Morgan fingerprint density at radius 2 is 1.90 bits per heavy atom. The molecule has 4 heteroatoms. The summed E-state index contributed by atoms with van der Waals surface area (Å²) in [6, 6.07) is 11.4. The van der Waals surface area contributed by atoms with Crippen LogP contribution in [0.3, 0.4) is 0 Å². The standard InChI is InChI=1S/C16H19N3O/c1-4-12-7-9-13(10-8-12)18-16(20)14-6-5-11-17-15(14)19(2)3/h5-11H,4H2,1-3H3,(H,18,20). The number of carbonyl (C=O) groups excluding carboxylic acids is 1. The summed E-state index contributed by atoms with van der Waals surface area (Å²) in [4.78, 5) is 18.4. The summed E-state index contributed by atoms with van der Waals surface area (Å²) in [6.45, 7) is 2.10. The molecule has 0 bridgehead atoms. The topological polar surface area (TPSA) is 45.2 Å². The highest BCUT2D eigenvalue weighted by atomic mass is 16.1. The van der Waals surface area contributed by atoms with Crippen molar-refractivity contribution in [2.24, 2.45) is 0 Å². The lowest BCUT2D eigenvalue weighted by Gasteiger charge is -2.15. The Kier molecular flexibility index (Phi) is 4.35. The largest absolute Gasteiger partial charge is 0.362 e. The number of benzene rings is 1. The smallest absolute Gasteiger partial charge is 0.259 e. The summed E-state index contributed by atoms with van der Waals surface area (Å²) in [5.41, 5.74) is 2.61. The Hall–Kier alpha value is -2.36. The van der Waals surface area contributed by atoms with E-state index in [1.54, 1.807) is 18.3 Å². The average Bonchev–Trinajstić information content (AvgIpc) is 2.48.